The number of hydrogen-bond donors (Lipinski definition) is 1. The van der Waals surface area contributed by atoms with Crippen LogP contribution in [-0.2, 0) is 0 Å². The van der Waals surface area contributed by atoms with Crippen molar-refractivity contribution in [3.05, 3.63) is 35.6 Å². The Labute approximate surface area is 71.4 Å². The van der Waals surface area contributed by atoms with E-state index >= 15 is 0 Å². The Morgan fingerprint density at radius 3 is 2.50 bits per heavy atom. The third kappa shape index (κ3) is 1.34. The van der Waals surface area contributed by atoms with Gasteiger partial charge in [-0.2, -0.15) is 0 Å². The molecule has 2 N–H and O–H groups in total. The van der Waals surface area contributed by atoms with Crippen LogP contribution in [0.15, 0.2) is 24.3 Å². The molecule has 0 aromatic heterocycles. The molecule has 1 aliphatic carbocycles. The largest absolute Gasteiger partial charge is 0.330 e. The molecule has 1 unspecified atom stereocenters. The third-order valence-corrected chi connectivity index (χ3v) is 2.52. The van der Waals surface area contributed by atoms with Gasteiger partial charge in [-0.3, -0.25) is 0 Å². The predicted molar refractivity (Wildman–Crippen MR) is 46.3 cm³/mol. The van der Waals surface area contributed by atoms with Crippen molar-refractivity contribution in [1.82, 2.24) is 0 Å². The van der Waals surface area contributed by atoms with Gasteiger partial charge in [0.15, 0.2) is 0 Å². The maximum absolute atomic E-state index is 12.5. The second-order valence-corrected chi connectivity index (χ2v) is 3.39. The first-order valence-electron chi connectivity index (χ1n) is 4.27. The first-order chi connectivity index (χ1) is 5.81. The third-order valence-electron chi connectivity index (χ3n) is 2.52. The number of hydrogen-bond acceptors (Lipinski definition) is 1. The zero-order valence-electron chi connectivity index (χ0n) is 6.83. The lowest BCUT2D eigenvalue weighted by molar-refractivity contribution is 0.626. The summed E-state index contributed by atoms with van der Waals surface area (Å²) in [7, 11) is 0. The molecule has 0 radical (unpaired) electrons. The summed E-state index contributed by atoms with van der Waals surface area (Å²) in [6.45, 7) is 0.752. The van der Waals surface area contributed by atoms with E-state index in [9.17, 15) is 4.39 Å². The highest BCUT2D eigenvalue weighted by atomic mass is 19.1. The maximum atomic E-state index is 12.5. The molecule has 12 heavy (non-hydrogen) atoms. The number of nitrogens with two attached hydrogens (primary N) is 1. The Morgan fingerprint density at radius 2 is 2.00 bits per heavy atom. The first kappa shape index (κ1) is 7.74. The van der Waals surface area contributed by atoms with E-state index in [0.717, 1.165) is 6.54 Å². The molecular formula is C10H12FN. The van der Waals surface area contributed by atoms with Crippen LogP contribution in [0.4, 0.5) is 4.39 Å². The summed E-state index contributed by atoms with van der Waals surface area (Å²) in [5.74, 6) is 1.06. The van der Waals surface area contributed by atoms with Gasteiger partial charge in [0, 0.05) is 0 Å². The van der Waals surface area contributed by atoms with E-state index in [1.54, 1.807) is 0 Å². The van der Waals surface area contributed by atoms with Crippen molar-refractivity contribution in [2.24, 2.45) is 11.7 Å². The van der Waals surface area contributed by atoms with Gasteiger partial charge < -0.3 is 5.73 Å². The summed E-state index contributed by atoms with van der Waals surface area (Å²) in [5, 5.41) is 0. The molecule has 0 heterocycles. The molecule has 0 saturated heterocycles. The Morgan fingerprint density at radius 1 is 1.33 bits per heavy atom. The van der Waals surface area contributed by atoms with Gasteiger partial charge >= 0.3 is 0 Å². The second-order valence-electron chi connectivity index (χ2n) is 3.39. The van der Waals surface area contributed by atoms with Crippen molar-refractivity contribution >= 4 is 0 Å². The lowest BCUT2D eigenvalue weighted by Gasteiger charge is -1.97. The molecule has 1 fully saturated rings. The van der Waals surface area contributed by atoms with E-state index < -0.39 is 0 Å². The van der Waals surface area contributed by atoms with Gasteiger partial charge in [-0.05, 0) is 42.5 Å². The normalized spacial score (nSPS) is 27.2. The average Bonchev–Trinajstić information content (AvgIpc) is 2.85. The fourth-order valence-corrected chi connectivity index (χ4v) is 1.63. The van der Waals surface area contributed by atoms with Gasteiger partial charge in [-0.25, -0.2) is 4.39 Å². The van der Waals surface area contributed by atoms with Crippen LogP contribution in [0, 0.1) is 11.7 Å². The number of benzene rings is 1. The summed E-state index contributed by atoms with van der Waals surface area (Å²) in [4.78, 5) is 0. The molecule has 2 rings (SSSR count). The molecule has 1 aromatic carbocycles. The van der Waals surface area contributed by atoms with Crippen LogP contribution in [0.1, 0.15) is 17.9 Å². The predicted octanol–water partition coefficient (Wildman–Crippen LogP) is 1.89. The van der Waals surface area contributed by atoms with Crippen LogP contribution in [0.5, 0.6) is 0 Å². The van der Waals surface area contributed by atoms with E-state index in [2.05, 4.69) is 0 Å². The molecule has 0 amide bonds. The minimum Gasteiger partial charge on any atom is -0.330 e. The summed E-state index contributed by atoms with van der Waals surface area (Å²) < 4.78 is 12.5. The standard InChI is InChI=1S/C10H12FN/c11-9-3-1-7(2-4-9)10-5-8(10)6-12/h1-4,8,10H,5-6,12H2/t8-,10?/m0/s1. The zero-order valence-corrected chi connectivity index (χ0v) is 6.83. The number of rotatable bonds is 2. The van der Waals surface area contributed by atoms with Crippen molar-refractivity contribution in [1.29, 1.82) is 0 Å². The quantitative estimate of drug-likeness (QED) is 0.711. The summed E-state index contributed by atoms with van der Waals surface area (Å²) in [5.41, 5.74) is 6.75. The number of halogens is 1. The highest BCUT2D eigenvalue weighted by Crippen LogP contribution is 2.46. The van der Waals surface area contributed by atoms with Gasteiger partial charge in [-0.1, -0.05) is 12.1 Å². The van der Waals surface area contributed by atoms with E-state index in [1.165, 1.54) is 24.1 Å². The van der Waals surface area contributed by atoms with Crippen LogP contribution >= 0.6 is 0 Å². The fourth-order valence-electron chi connectivity index (χ4n) is 1.63. The molecule has 0 spiro atoms. The van der Waals surface area contributed by atoms with Crippen LogP contribution in [-0.4, -0.2) is 6.54 Å². The topological polar surface area (TPSA) is 26.0 Å². The Bertz CT molecular complexity index is 268. The Kier molecular flexibility index (Phi) is 1.85. The average molecular weight is 165 g/mol. The van der Waals surface area contributed by atoms with E-state index in [-0.39, 0.29) is 5.82 Å². The van der Waals surface area contributed by atoms with Crippen molar-refractivity contribution < 1.29 is 4.39 Å². The fraction of sp³-hybridized carbons (Fsp3) is 0.400. The SMILES string of the molecule is NC[C@@H]1CC1c1ccc(F)cc1. The molecule has 0 bridgehead atoms. The molecule has 1 aromatic rings. The van der Waals surface area contributed by atoms with E-state index in [1.807, 2.05) is 12.1 Å². The summed E-state index contributed by atoms with van der Waals surface area (Å²) >= 11 is 0. The van der Waals surface area contributed by atoms with Gasteiger partial charge in [-0.15, -0.1) is 0 Å². The van der Waals surface area contributed by atoms with Gasteiger partial charge in [0.2, 0.25) is 0 Å². The Balaban J connectivity index is 2.10. The van der Waals surface area contributed by atoms with Crippen molar-refractivity contribution in [2.45, 2.75) is 12.3 Å². The first-order valence-corrected chi connectivity index (χ1v) is 4.27. The molecule has 1 nitrogen and oxygen atoms in total. The molecule has 0 aliphatic heterocycles. The second kappa shape index (κ2) is 2.87. The lowest BCUT2D eigenvalue weighted by Crippen LogP contribution is -2.01. The molecule has 1 saturated carbocycles. The van der Waals surface area contributed by atoms with Crippen LogP contribution in [0.2, 0.25) is 0 Å². The van der Waals surface area contributed by atoms with Gasteiger partial charge in [0.25, 0.3) is 0 Å². The summed E-state index contributed by atoms with van der Waals surface area (Å²) in [6, 6.07) is 6.74. The van der Waals surface area contributed by atoms with E-state index in [0.29, 0.717) is 11.8 Å². The minimum atomic E-state index is -0.163. The lowest BCUT2D eigenvalue weighted by atomic mass is 10.1. The van der Waals surface area contributed by atoms with Crippen molar-refractivity contribution in [2.75, 3.05) is 6.54 Å². The van der Waals surface area contributed by atoms with E-state index in [4.69, 9.17) is 5.73 Å². The molecular weight excluding hydrogens is 153 g/mol. The molecule has 1 aliphatic rings. The van der Waals surface area contributed by atoms with Gasteiger partial charge in [0.05, 0.1) is 0 Å². The smallest absolute Gasteiger partial charge is 0.123 e. The molecule has 2 atom stereocenters. The highest BCUT2D eigenvalue weighted by molar-refractivity contribution is 5.26. The van der Waals surface area contributed by atoms with Crippen molar-refractivity contribution in [3.63, 3.8) is 0 Å². The van der Waals surface area contributed by atoms with Crippen LogP contribution in [0.25, 0.3) is 0 Å². The maximum Gasteiger partial charge on any atom is 0.123 e. The van der Waals surface area contributed by atoms with Crippen LogP contribution in [0.3, 0.4) is 0 Å². The monoisotopic (exact) mass is 165 g/mol. The zero-order chi connectivity index (χ0) is 8.55. The Hall–Kier alpha value is -0.890. The highest BCUT2D eigenvalue weighted by Gasteiger charge is 2.36. The molecule has 2 heteroatoms. The molecule has 64 valence electrons. The van der Waals surface area contributed by atoms with Gasteiger partial charge in [0.1, 0.15) is 5.82 Å². The minimum absolute atomic E-state index is 0.163. The van der Waals surface area contributed by atoms with Crippen molar-refractivity contribution in [3.8, 4) is 0 Å². The summed E-state index contributed by atoms with van der Waals surface area (Å²) in [6.07, 6.45) is 1.17. The van der Waals surface area contributed by atoms with Crippen LogP contribution < -0.4 is 5.73 Å².